The Morgan fingerprint density at radius 3 is 1.65 bits per heavy atom. The Morgan fingerprint density at radius 2 is 1.14 bits per heavy atom. The first-order chi connectivity index (χ1) is 34.2. The summed E-state index contributed by atoms with van der Waals surface area (Å²) in [6.45, 7) is 16.0. The van der Waals surface area contributed by atoms with Crippen molar-refractivity contribution >= 4 is 123 Å². The summed E-state index contributed by atoms with van der Waals surface area (Å²) in [5.41, 5.74) is 1.60. The molecule has 32 heteroatoms. The molecule has 0 aliphatic rings. The fraction of sp³-hybridized carbons (Fsp3) is 0.239. The van der Waals surface area contributed by atoms with Crippen molar-refractivity contribution in [3.8, 4) is 11.2 Å². The fourth-order valence-corrected chi connectivity index (χ4v) is 13.7. The van der Waals surface area contributed by atoms with Gasteiger partial charge in [0.2, 0.25) is 5.13 Å². The second-order valence-corrected chi connectivity index (χ2v) is 25.6. The molecule has 0 aliphatic heterocycles. The Hall–Kier alpha value is -0.105. The smallest absolute Gasteiger partial charge is 0.744 e. The number of aromatic nitrogens is 5. The van der Waals surface area contributed by atoms with Gasteiger partial charge in [0.1, 0.15) is 63.6 Å². The van der Waals surface area contributed by atoms with E-state index in [1.807, 2.05) is 0 Å². The zero-order chi connectivity index (χ0) is 54.5. The maximum atomic E-state index is 12.9. The summed E-state index contributed by atoms with van der Waals surface area (Å²) in [5.74, 6) is -0.336. The van der Waals surface area contributed by atoms with Crippen molar-refractivity contribution in [2.24, 2.45) is 10.2 Å². The van der Waals surface area contributed by atoms with Gasteiger partial charge in [0, 0.05) is 11.1 Å². The van der Waals surface area contributed by atoms with E-state index in [0.29, 0.717) is 21.3 Å². The van der Waals surface area contributed by atoms with E-state index < -0.39 is 65.5 Å². The molecular formula is C46H40K4N10O12S6. The van der Waals surface area contributed by atoms with Gasteiger partial charge in [-0.1, -0.05) is 55.6 Å². The quantitative estimate of drug-likeness (QED) is 0.0727. The second kappa shape index (κ2) is 26.3. The molecule has 0 amide bonds. The molecular weight excluding hydrogens is 1230 g/mol. The van der Waals surface area contributed by atoms with Crippen molar-refractivity contribution < 1.29 is 257 Å². The molecule has 0 aliphatic carbocycles. The zero-order valence-corrected chi connectivity index (χ0v) is 62.0. The van der Waals surface area contributed by atoms with Crippen LogP contribution in [0.3, 0.4) is 0 Å². The third-order valence-electron chi connectivity index (χ3n) is 11.7. The number of fused-ring (bicyclic) bond motifs is 2. The summed E-state index contributed by atoms with van der Waals surface area (Å²) in [4.78, 5) is 13.7. The van der Waals surface area contributed by atoms with Crippen LogP contribution in [0, 0.1) is 59.8 Å². The second-order valence-electron chi connectivity index (χ2n) is 18.2. The van der Waals surface area contributed by atoms with Gasteiger partial charge in [-0.15, -0.1) is 10.2 Å². The van der Waals surface area contributed by atoms with Gasteiger partial charge in [0.15, 0.2) is 16.8 Å². The number of nitrogens with zero attached hydrogens (tertiary/aromatic N) is 9. The molecule has 0 saturated heterocycles. The van der Waals surface area contributed by atoms with E-state index in [9.17, 15) is 57.1 Å². The fourth-order valence-electron chi connectivity index (χ4n) is 8.68. The van der Waals surface area contributed by atoms with Crippen LogP contribution in [0.15, 0.2) is 84.4 Å². The summed E-state index contributed by atoms with van der Waals surface area (Å²) in [6, 6.07) is 13.8. The molecule has 22 nitrogen and oxygen atoms in total. The predicted octanol–water partition coefficient (Wildman–Crippen LogP) is -2.92. The van der Waals surface area contributed by atoms with Gasteiger partial charge in [-0.05, 0) is 130 Å². The minimum atomic E-state index is -5.13. The van der Waals surface area contributed by atoms with E-state index in [2.05, 4.69) is 26.6 Å². The van der Waals surface area contributed by atoms with Crippen LogP contribution in [0.5, 0.6) is 0 Å². The molecule has 4 aromatic carbocycles. The van der Waals surface area contributed by atoms with Gasteiger partial charge in [-0.3, -0.25) is 4.90 Å². The molecule has 78 heavy (non-hydrogen) atoms. The topological polar surface area (TPSA) is 349 Å². The number of benzene rings is 4. The van der Waals surface area contributed by atoms with Gasteiger partial charge in [0.05, 0.1) is 51.4 Å². The molecule has 4 aromatic heterocycles. The minimum absolute atomic E-state index is 0. The third-order valence-corrected chi connectivity index (χ3v) is 17.6. The normalized spacial score (nSPS) is 12.2. The molecule has 0 radical (unpaired) electrons. The third kappa shape index (κ3) is 14.6. The Bertz CT molecular complexity index is 4290. The van der Waals surface area contributed by atoms with Crippen LogP contribution >= 0.6 is 22.7 Å². The summed E-state index contributed by atoms with van der Waals surface area (Å²) in [5, 5.41) is 28.0. The molecule has 0 unspecified atom stereocenters. The zero-order valence-electron chi connectivity index (χ0n) is 44.6. The Morgan fingerprint density at radius 1 is 0.628 bits per heavy atom. The van der Waals surface area contributed by atoms with E-state index in [4.69, 9.17) is 15.1 Å². The van der Waals surface area contributed by atoms with Gasteiger partial charge in [0.25, 0.3) is 0 Å². The molecule has 0 bridgehead atoms. The van der Waals surface area contributed by atoms with Crippen LogP contribution in [0.4, 0.5) is 39.6 Å². The molecule has 386 valence electrons. The number of hydrogen-bond donors (Lipinski definition) is 1. The predicted molar refractivity (Wildman–Crippen MR) is 271 cm³/mol. The maximum absolute atomic E-state index is 12.9. The van der Waals surface area contributed by atoms with Crippen LogP contribution < -0.4 is 216 Å². The number of pyridine rings is 1. The largest absolute Gasteiger partial charge is 1.00 e. The van der Waals surface area contributed by atoms with Crippen molar-refractivity contribution in [1.82, 2.24) is 24.7 Å². The average Bonchev–Trinajstić information content (AvgIpc) is 3.98. The van der Waals surface area contributed by atoms with E-state index in [0.717, 1.165) is 40.9 Å². The van der Waals surface area contributed by atoms with Crippen molar-refractivity contribution in [3.63, 3.8) is 0 Å². The van der Waals surface area contributed by atoms with E-state index in [1.54, 1.807) is 41.5 Å². The van der Waals surface area contributed by atoms with Gasteiger partial charge >= 0.3 is 206 Å². The molecule has 0 fully saturated rings. The van der Waals surface area contributed by atoms with Crippen LogP contribution in [0.1, 0.15) is 71.0 Å². The molecule has 4 heterocycles. The monoisotopic (exact) mass is 1270 g/mol. The van der Waals surface area contributed by atoms with E-state index in [-0.39, 0.29) is 300 Å². The van der Waals surface area contributed by atoms with Crippen LogP contribution in [0.25, 0.3) is 25.6 Å². The summed E-state index contributed by atoms with van der Waals surface area (Å²) >= 11 is 1.85. The van der Waals surface area contributed by atoms with E-state index in [1.165, 1.54) is 73.7 Å². The summed E-state index contributed by atoms with van der Waals surface area (Å²) in [7, 11) is -20.0. The minimum Gasteiger partial charge on any atom is -0.744 e. The van der Waals surface area contributed by atoms with Gasteiger partial charge in [-0.25, -0.2) is 48.6 Å². The van der Waals surface area contributed by atoms with Gasteiger partial charge in [-0.2, -0.15) is 15.0 Å². The number of anilines is 5. The Labute approximate surface area is 628 Å². The van der Waals surface area contributed by atoms with Crippen molar-refractivity contribution in [3.05, 3.63) is 105 Å². The van der Waals surface area contributed by atoms with E-state index >= 15 is 0 Å². The van der Waals surface area contributed by atoms with Gasteiger partial charge < -0.3 is 23.5 Å². The first-order valence-corrected chi connectivity index (χ1v) is 28.9. The van der Waals surface area contributed by atoms with Crippen molar-refractivity contribution in [2.75, 3.05) is 10.2 Å². The Kier molecular flexibility index (Phi) is 23.7. The molecule has 1 N–H and O–H groups in total. The number of nitriles is 1. The van der Waals surface area contributed by atoms with Crippen LogP contribution in [0.2, 0.25) is 0 Å². The standard InChI is InChI=1S/C46H44N10O12S6.4K/c1-21-15-24(4)39(73(63,64)65)26(6)36(21)51-42-37(52-53-43-30(20-47)41(46(8,9)10)54-56(43)45-49-32-14-12-29(72(60,61)62)19-34(32)70-45)22(2)17-35(50-42)55(38-23(3)16-25(5)40(27(38)7)74(66,67)68)44-48-31-13-11-28(71(57,58)59)18-33(31)69-44;;;;/h11-19H,1-10H3,(H,50,51)(H,57,58,59)(H,60,61,62)(H,63,64,65)(H,66,67,68);;;;/q;4*+1/p-4. The summed E-state index contributed by atoms with van der Waals surface area (Å²) < 4.78 is 151. The molecule has 8 aromatic rings. The number of azo groups is 1. The van der Waals surface area contributed by atoms with Crippen LogP contribution in [-0.2, 0) is 45.9 Å². The van der Waals surface area contributed by atoms with Crippen molar-refractivity contribution in [1.29, 1.82) is 5.26 Å². The number of rotatable bonds is 12. The molecule has 8 rings (SSSR count). The molecule has 0 spiro atoms. The number of hydrogen-bond acceptors (Lipinski definition) is 23. The number of thiazole rings is 2. The SMILES string of the molecule is Cc1cc(N(c2nc3ccc(S(=O)(=O)[O-])cc3s2)c2c(C)cc(C)c(S(=O)(=O)[O-])c2C)nc(Nc2c(C)cc(C)c(S(=O)(=O)[O-])c2C)c1N=Nc1c(C#N)c(C(C)(C)C)nn1-c1nc2ccc(S(=O)(=O)[O-])cc2s1.[K+].[K+].[K+].[K+]. The van der Waals surface area contributed by atoms with Crippen LogP contribution in [-0.4, -0.2) is 76.6 Å². The first-order valence-electron chi connectivity index (χ1n) is 21.6. The average molecular weight is 1270 g/mol. The Balaban J connectivity index is 0.00000328. The summed E-state index contributed by atoms with van der Waals surface area (Å²) in [6.07, 6.45) is 0. The number of nitrogens with one attached hydrogen (secondary N) is 1. The van der Waals surface area contributed by atoms with Crippen molar-refractivity contribution in [2.45, 2.75) is 94.2 Å². The first kappa shape index (κ1) is 70.4. The molecule has 0 saturated carbocycles. The molecule has 0 atom stereocenters. The number of aryl methyl sites for hydroxylation is 5. The maximum Gasteiger partial charge on any atom is 1.00 e.